The van der Waals surface area contributed by atoms with Gasteiger partial charge in [-0.1, -0.05) is 36.4 Å². The third kappa shape index (κ3) is 10.3. The summed E-state index contributed by atoms with van der Waals surface area (Å²) in [6, 6.07) is 23.3. The molecule has 2 saturated heterocycles. The van der Waals surface area contributed by atoms with E-state index in [0.717, 1.165) is 50.4 Å². The van der Waals surface area contributed by atoms with Gasteiger partial charge in [-0.2, -0.15) is 0 Å². The molecule has 2 atom stereocenters. The minimum Gasteiger partial charge on any atom is -0.489 e. The second-order valence-electron chi connectivity index (χ2n) is 15.5. The van der Waals surface area contributed by atoms with E-state index in [9.17, 15) is 18.4 Å². The third-order valence-electron chi connectivity index (χ3n) is 11.2. The number of carboxylic acid groups (broad SMARTS) is 1. The van der Waals surface area contributed by atoms with Crippen molar-refractivity contribution in [1.29, 1.82) is 0 Å². The topological polar surface area (TPSA) is 132 Å². The normalized spacial score (nSPS) is 16.2. The number of nitrogens with one attached hydrogen (secondary N) is 2. The number of aliphatic carboxylic acids is 1. The first-order valence-corrected chi connectivity index (χ1v) is 20.6. The number of rotatable bonds is 15. The molecule has 0 bridgehead atoms. The maximum absolute atomic E-state index is 14.8. The highest BCUT2D eigenvalue weighted by atomic mass is 19.1. The Labute approximate surface area is 348 Å². The molecule has 2 fully saturated rings. The van der Waals surface area contributed by atoms with Crippen LogP contribution in [0, 0.1) is 25.5 Å². The molecular formula is C48H52F2N2O8. The molecule has 316 valence electrons. The molecule has 0 saturated carbocycles. The second-order valence-corrected chi connectivity index (χ2v) is 15.5. The number of aryl methyl sites for hydroxylation is 4. The predicted molar refractivity (Wildman–Crippen MR) is 225 cm³/mol. The van der Waals surface area contributed by atoms with Crippen molar-refractivity contribution in [2.45, 2.75) is 84.3 Å². The third-order valence-corrected chi connectivity index (χ3v) is 11.2. The molecule has 2 aliphatic rings. The minimum atomic E-state index is -0.950. The van der Waals surface area contributed by atoms with E-state index >= 15 is 0 Å². The van der Waals surface area contributed by atoms with Gasteiger partial charge in [-0.25, -0.2) is 8.78 Å². The summed E-state index contributed by atoms with van der Waals surface area (Å²) in [6.45, 7) is 10.3. The molecule has 4 heterocycles. The van der Waals surface area contributed by atoms with Crippen molar-refractivity contribution in [2.75, 3.05) is 33.0 Å². The minimum absolute atomic E-state index is 0.116. The lowest BCUT2D eigenvalue weighted by atomic mass is 9.93. The molecule has 0 radical (unpaired) electrons. The van der Waals surface area contributed by atoms with Crippen LogP contribution < -0.4 is 9.47 Å². The quantitative estimate of drug-likeness (QED) is 0.0873. The van der Waals surface area contributed by atoms with Gasteiger partial charge in [-0.3, -0.25) is 9.59 Å². The average molecular weight is 823 g/mol. The standard InChI is InChI=1S/C25H28FNO4.C23H24FNO4/c1-3-30-24(28)9-8-23-25(26)21-13-19(5-7-22(21)27-23)31-14-17-4-6-20(16(2)12-17)18-10-11-29-15-18;1-14-10-15(2-4-18(14)16-8-9-28-13-16)12-29-17-3-5-20-19(11-17)23(24)21(25-20)6-7-22(26)27/h4-7,12-13,18,27H,3,8-11,14-15H2,1-2H3;2-5,10-11,16,25H,6-9,12-13H2,1H3,(H,26,27). The molecule has 0 aliphatic carbocycles. The summed E-state index contributed by atoms with van der Waals surface area (Å²) >= 11 is 0. The number of H-pyrrole nitrogens is 2. The molecule has 2 unspecified atom stereocenters. The van der Waals surface area contributed by atoms with Crippen molar-refractivity contribution in [2.24, 2.45) is 0 Å². The van der Waals surface area contributed by atoms with E-state index < -0.39 is 11.8 Å². The van der Waals surface area contributed by atoms with Crippen LogP contribution in [0.25, 0.3) is 21.8 Å². The van der Waals surface area contributed by atoms with Crippen LogP contribution in [0.4, 0.5) is 8.78 Å². The van der Waals surface area contributed by atoms with E-state index in [2.05, 4.69) is 60.2 Å². The SMILES string of the molecule is CCOC(=O)CCc1[nH]c2ccc(OCc3ccc(C4CCOC4)c(C)c3)cc2c1F.Cc1cc(COc2ccc3[nH]c(CCC(=O)O)c(F)c3c2)ccc1C1CCOC1. The number of hydrogen-bond donors (Lipinski definition) is 3. The fourth-order valence-electron chi connectivity index (χ4n) is 8.07. The number of hydrogen-bond acceptors (Lipinski definition) is 7. The Morgan fingerprint density at radius 2 is 1.18 bits per heavy atom. The van der Waals surface area contributed by atoms with Gasteiger partial charge >= 0.3 is 11.9 Å². The maximum atomic E-state index is 14.8. The smallest absolute Gasteiger partial charge is 0.306 e. The zero-order valence-electron chi connectivity index (χ0n) is 34.3. The number of ether oxygens (including phenoxy) is 5. The lowest BCUT2D eigenvalue weighted by Gasteiger charge is -2.14. The number of esters is 1. The largest absolute Gasteiger partial charge is 0.489 e. The van der Waals surface area contributed by atoms with Crippen LogP contribution in [-0.4, -0.2) is 60.0 Å². The molecule has 4 aromatic carbocycles. The zero-order valence-corrected chi connectivity index (χ0v) is 34.3. The summed E-state index contributed by atoms with van der Waals surface area (Å²) in [5.74, 6) is 0.0974. The number of aromatic nitrogens is 2. The molecule has 3 N–H and O–H groups in total. The fourth-order valence-corrected chi connectivity index (χ4v) is 8.07. The van der Waals surface area contributed by atoms with Crippen LogP contribution in [0.1, 0.15) is 89.2 Å². The Hall–Kier alpha value is -5.72. The summed E-state index contributed by atoms with van der Waals surface area (Å²) in [5.41, 5.74) is 9.31. The van der Waals surface area contributed by atoms with Gasteiger partial charge in [0.15, 0.2) is 11.6 Å². The summed E-state index contributed by atoms with van der Waals surface area (Å²) in [4.78, 5) is 28.3. The van der Waals surface area contributed by atoms with E-state index in [1.54, 1.807) is 37.3 Å². The van der Waals surface area contributed by atoms with Crippen molar-refractivity contribution in [1.82, 2.24) is 9.97 Å². The van der Waals surface area contributed by atoms with Gasteiger partial charge < -0.3 is 38.8 Å². The summed E-state index contributed by atoms with van der Waals surface area (Å²) in [5, 5.41) is 9.67. The van der Waals surface area contributed by atoms with E-state index in [1.807, 2.05) is 6.07 Å². The lowest BCUT2D eigenvalue weighted by Crippen LogP contribution is -2.05. The van der Waals surface area contributed by atoms with Gasteiger partial charge in [-0.05, 0) is 103 Å². The van der Waals surface area contributed by atoms with Crippen LogP contribution >= 0.6 is 0 Å². The Balaban J connectivity index is 0.000000182. The molecule has 2 aromatic heterocycles. The Morgan fingerprint density at radius 1 is 0.700 bits per heavy atom. The highest BCUT2D eigenvalue weighted by Gasteiger charge is 2.21. The lowest BCUT2D eigenvalue weighted by molar-refractivity contribution is -0.143. The average Bonchev–Trinajstić information content (AvgIpc) is 4.07. The van der Waals surface area contributed by atoms with Gasteiger partial charge in [-0.15, -0.1) is 0 Å². The summed E-state index contributed by atoms with van der Waals surface area (Å²) in [6.07, 6.45) is 2.56. The van der Waals surface area contributed by atoms with Gasteiger partial charge in [0.1, 0.15) is 24.7 Å². The van der Waals surface area contributed by atoms with Crippen LogP contribution in [0.5, 0.6) is 11.5 Å². The van der Waals surface area contributed by atoms with Crippen molar-refractivity contribution in [3.63, 3.8) is 0 Å². The Morgan fingerprint density at radius 3 is 1.60 bits per heavy atom. The number of fused-ring (bicyclic) bond motifs is 2. The first-order valence-electron chi connectivity index (χ1n) is 20.6. The molecule has 60 heavy (non-hydrogen) atoms. The van der Waals surface area contributed by atoms with Gasteiger partial charge in [0.05, 0.1) is 44.1 Å². The van der Waals surface area contributed by atoms with Crippen molar-refractivity contribution >= 4 is 33.7 Å². The first kappa shape index (κ1) is 42.4. The number of benzene rings is 4. The van der Waals surface area contributed by atoms with E-state index in [0.29, 0.717) is 76.3 Å². The van der Waals surface area contributed by atoms with Gasteiger partial charge in [0.25, 0.3) is 0 Å². The Kier molecular flexibility index (Phi) is 13.8. The molecule has 8 rings (SSSR count). The van der Waals surface area contributed by atoms with Crippen LogP contribution in [0.15, 0.2) is 72.8 Å². The van der Waals surface area contributed by atoms with E-state index in [-0.39, 0.29) is 37.5 Å². The highest BCUT2D eigenvalue weighted by Crippen LogP contribution is 2.32. The maximum Gasteiger partial charge on any atom is 0.306 e. The summed E-state index contributed by atoms with van der Waals surface area (Å²) < 4.78 is 57.1. The van der Waals surface area contributed by atoms with Crippen molar-refractivity contribution in [3.05, 3.63) is 129 Å². The van der Waals surface area contributed by atoms with Crippen LogP contribution in [0.2, 0.25) is 0 Å². The molecule has 2 aliphatic heterocycles. The molecular weight excluding hydrogens is 771 g/mol. The number of aromatic amines is 2. The van der Waals surface area contributed by atoms with Gasteiger partial charge in [0.2, 0.25) is 0 Å². The number of carboxylic acids is 1. The van der Waals surface area contributed by atoms with E-state index in [1.165, 1.54) is 22.3 Å². The highest BCUT2D eigenvalue weighted by molar-refractivity contribution is 5.84. The van der Waals surface area contributed by atoms with E-state index in [4.69, 9.17) is 28.8 Å². The zero-order chi connectivity index (χ0) is 42.2. The monoisotopic (exact) mass is 822 g/mol. The first-order chi connectivity index (χ1) is 29.1. The number of carbonyl (C=O) groups excluding carboxylic acids is 1. The molecule has 0 spiro atoms. The molecule has 12 heteroatoms. The molecule has 10 nitrogen and oxygen atoms in total. The molecule has 0 amide bonds. The number of halogens is 2. The van der Waals surface area contributed by atoms with Crippen LogP contribution in [0.3, 0.4) is 0 Å². The summed E-state index contributed by atoms with van der Waals surface area (Å²) in [7, 11) is 0. The number of carbonyl (C=O) groups is 2. The predicted octanol–water partition coefficient (Wildman–Crippen LogP) is 9.91. The van der Waals surface area contributed by atoms with Crippen molar-refractivity contribution < 1.29 is 47.2 Å². The van der Waals surface area contributed by atoms with Crippen LogP contribution in [-0.2, 0) is 49.9 Å². The van der Waals surface area contributed by atoms with Gasteiger partial charge in [0, 0.05) is 59.7 Å². The van der Waals surface area contributed by atoms with Crippen molar-refractivity contribution in [3.8, 4) is 11.5 Å². The fraction of sp³-hybridized carbons (Fsp3) is 0.375. The second kappa shape index (κ2) is 19.6. The molecule has 6 aromatic rings. The Bertz CT molecular complexity index is 2440.